The minimum absolute atomic E-state index is 0.0864. The molecule has 0 radical (unpaired) electrons. The summed E-state index contributed by atoms with van der Waals surface area (Å²) >= 11 is 0. The predicted octanol–water partition coefficient (Wildman–Crippen LogP) is 0.259. The Kier molecular flexibility index (Phi) is 3.99. The quantitative estimate of drug-likeness (QED) is 0.776. The average molecular weight is 339 g/mol. The van der Waals surface area contributed by atoms with Gasteiger partial charge in [0.05, 0.1) is 19.1 Å². The van der Waals surface area contributed by atoms with Gasteiger partial charge in [-0.2, -0.15) is 0 Å². The summed E-state index contributed by atoms with van der Waals surface area (Å²) < 4.78 is 29.1. The van der Waals surface area contributed by atoms with Gasteiger partial charge in [-0.1, -0.05) is 5.16 Å². The van der Waals surface area contributed by atoms with Gasteiger partial charge in [0.25, 0.3) is 5.91 Å². The van der Waals surface area contributed by atoms with E-state index >= 15 is 0 Å². The van der Waals surface area contributed by atoms with Gasteiger partial charge in [0, 0.05) is 24.6 Å². The van der Waals surface area contributed by atoms with Crippen LogP contribution in [-0.4, -0.2) is 57.4 Å². The van der Waals surface area contributed by atoms with Gasteiger partial charge in [-0.25, -0.2) is 12.7 Å². The van der Waals surface area contributed by atoms with E-state index in [4.69, 9.17) is 9.57 Å². The Morgan fingerprint density at radius 2 is 2.13 bits per heavy atom. The molecule has 23 heavy (non-hydrogen) atoms. The molecule has 2 heterocycles. The Hall–Kier alpha value is -2.13. The van der Waals surface area contributed by atoms with Crippen LogP contribution in [0.5, 0.6) is 5.75 Å². The molecule has 2 aliphatic rings. The molecule has 0 atom stereocenters. The fourth-order valence-corrected chi connectivity index (χ4v) is 3.42. The number of methoxy groups -OCH3 is 1. The van der Waals surface area contributed by atoms with Crippen LogP contribution in [0.2, 0.25) is 0 Å². The van der Waals surface area contributed by atoms with Crippen LogP contribution in [0.15, 0.2) is 23.4 Å². The SMILES string of the molecule is COc1ccc2c(c1)/C(=N/OCC1CN(S(C)(=O)=O)C1)C(=O)N2. The summed E-state index contributed by atoms with van der Waals surface area (Å²) in [5.41, 5.74) is 1.48. The van der Waals surface area contributed by atoms with Crippen LogP contribution >= 0.6 is 0 Å². The molecule has 0 saturated carbocycles. The van der Waals surface area contributed by atoms with Crippen LogP contribution in [0.1, 0.15) is 5.56 Å². The summed E-state index contributed by atoms with van der Waals surface area (Å²) in [5.74, 6) is 0.374. The molecule has 0 spiro atoms. The van der Waals surface area contributed by atoms with Crippen LogP contribution in [0.3, 0.4) is 0 Å². The first kappa shape index (κ1) is 15.8. The molecule has 3 rings (SSSR count). The minimum atomic E-state index is -3.13. The lowest BCUT2D eigenvalue weighted by Crippen LogP contribution is -2.50. The number of amides is 1. The Bertz CT molecular complexity index is 769. The third-order valence-electron chi connectivity index (χ3n) is 3.80. The number of carbonyl (C=O) groups excluding carboxylic acids is 1. The number of anilines is 1. The number of carbonyl (C=O) groups is 1. The summed E-state index contributed by atoms with van der Waals surface area (Å²) in [6, 6.07) is 5.20. The highest BCUT2D eigenvalue weighted by atomic mass is 32.2. The van der Waals surface area contributed by atoms with Crippen molar-refractivity contribution in [1.82, 2.24) is 4.31 Å². The zero-order valence-electron chi connectivity index (χ0n) is 12.8. The zero-order valence-corrected chi connectivity index (χ0v) is 13.6. The van der Waals surface area contributed by atoms with Crippen molar-refractivity contribution >= 4 is 27.3 Å². The van der Waals surface area contributed by atoms with Gasteiger partial charge in [-0.15, -0.1) is 0 Å². The predicted molar refractivity (Wildman–Crippen MR) is 84.0 cm³/mol. The number of nitrogens with one attached hydrogen (secondary N) is 1. The first-order valence-corrected chi connectivity index (χ1v) is 8.88. The summed E-state index contributed by atoms with van der Waals surface area (Å²) in [4.78, 5) is 17.2. The first-order valence-electron chi connectivity index (χ1n) is 7.03. The summed E-state index contributed by atoms with van der Waals surface area (Å²) in [5, 5.41) is 6.61. The lowest BCUT2D eigenvalue weighted by atomic mass is 10.1. The number of nitrogens with zero attached hydrogens (tertiary/aromatic N) is 2. The topological polar surface area (TPSA) is 97.3 Å². The molecule has 1 fully saturated rings. The fraction of sp³-hybridized carbons (Fsp3) is 0.429. The first-order chi connectivity index (χ1) is 10.9. The van der Waals surface area contributed by atoms with Crippen LogP contribution in [0, 0.1) is 5.92 Å². The van der Waals surface area contributed by atoms with Crippen molar-refractivity contribution in [2.45, 2.75) is 0 Å². The molecule has 1 amide bonds. The monoisotopic (exact) mass is 339 g/mol. The van der Waals surface area contributed by atoms with Crippen molar-refractivity contribution in [2.75, 3.05) is 38.4 Å². The van der Waals surface area contributed by atoms with Gasteiger partial charge in [0.2, 0.25) is 10.0 Å². The molecular formula is C14H17N3O5S. The van der Waals surface area contributed by atoms with Gasteiger partial charge < -0.3 is 14.9 Å². The number of ether oxygens (including phenoxy) is 1. The molecule has 0 aromatic heterocycles. The van der Waals surface area contributed by atoms with Gasteiger partial charge in [0.15, 0.2) is 5.71 Å². The van der Waals surface area contributed by atoms with Gasteiger partial charge in [-0.3, -0.25) is 4.79 Å². The van der Waals surface area contributed by atoms with Crippen molar-refractivity contribution in [3.8, 4) is 5.75 Å². The lowest BCUT2D eigenvalue weighted by Gasteiger charge is -2.36. The number of hydrogen-bond acceptors (Lipinski definition) is 6. The van der Waals surface area contributed by atoms with Crippen LogP contribution < -0.4 is 10.1 Å². The molecule has 1 N–H and O–H groups in total. The van der Waals surface area contributed by atoms with Crippen LogP contribution in [-0.2, 0) is 19.7 Å². The molecule has 124 valence electrons. The number of fused-ring (bicyclic) bond motifs is 1. The second kappa shape index (κ2) is 5.82. The average Bonchev–Trinajstić information content (AvgIpc) is 2.74. The largest absolute Gasteiger partial charge is 0.497 e. The van der Waals surface area contributed by atoms with E-state index in [2.05, 4.69) is 10.5 Å². The number of benzene rings is 1. The van der Waals surface area contributed by atoms with Crippen molar-refractivity contribution in [2.24, 2.45) is 11.1 Å². The van der Waals surface area contributed by atoms with Crippen LogP contribution in [0.4, 0.5) is 5.69 Å². The van der Waals surface area contributed by atoms with Gasteiger partial charge >= 0.3 is 0 Å². The number of rotatable bonds is 5. The van der Waals surface area contributed by atoms with Crippen molar-refractivity contribution in [3.63, 3.8) is 0 Å². The maximum absolute atomic E-state index is 11.9. The Morgan fingerprint density at radius 1 is 1.39 bits per heavy atom. The van der Waals surface area contributed by atoms with E-state index in [1.54, 1.807) is 25.3 Å². The molecule has 2 aliphatic heterocycles. The highest BCUT2D eigenvalue weighted by Gasteiger charge is 2.34. The molecule has 0 bridgehead atoms. The molecular weight excluding hydrogens is 322 g/mol. The zero-order chi connectivity index (χ0) is 16.6. The molecule has 0 aliphatic carbocycles. The van der Waals surface area contributed by atoms with E-state index in [0.29, 0.717) is 30.1 Å². The molecule has 1 aromatic rings. The minimum Gasteiger partial charge on any atom is -0.497 e. The number of sulfonamides is 1. The highest BCUT2D eigenvalue weighted by Crippen LogP contribution is 2.28. The van der Waals surface area contributed by atoms with Gasteiger partial charge in [0.1, 0.15) is 12.4 Å². The number of hydrogen-bond donors (Lipinski definition) is 1. The van der Waals surface area contributed by atoms with E-state index in [-0.39, 0.29) is 24.1 Å². The lowest BCUT2D eigenvalue weighted by molar-refractivity contribution is -0.110. The summed E-state index contributed by atoms with van der Waals surface area (Å²) in [7, 11) is -1.59. The molecule has 9 heteroatoms. The third kappa shape index (κ3) is 3.15. The molecule has 0 unspecified atom stereocenters. The smallest absolute Gasteiger partial charge is 0.278 e. The van der Waals surface area contributed by atoms with Crippen molar-refractivity contribution in [1.29, 1.82) is 0 Å². The molecule has 1 saturated heterocycles. The van der Waals surface area contributed by atoms with Gasteiger partial charge in [-0.05, 0) is 18.2 Å². The Morgan fingerprint density at radius 3 is 2.78 bits per heavy atom. The van der Waals surface area contributed by atoms with E-state index in [1.807, 2.05) is 0 Å². The van der Waals surface area contributed by atoms with Crippen molar-refractivity contribution < 1.29 is 22.8 Å². The fourth-order valence-electron chi connectivity index (χ4n) is 2.46. The summed E-state index contributed by atoms with van der Waals surface area (Å²) in [6.45, 7) is 1.10. The Balaban J connectivity index is 1.62. The second-order valence-corrected chi connectivity index (χ2v) is 7.53. The highest BCUT2D eigenvalue weighted by molar-refractivity contribution is 7.88. The number of oxime groups is 1. The van der Waals surface area contributed by atoms with E-state index in [1.165, 1.54) is 10.6 Å². The van der Waals surface area contributed by atoms with E-state index in [9.17, 15) is 13.2 Å². The van der Waals surface area contributed by atoms with Crippen LogP contribution in [0.25, 0.3) is 0 Å². The second-order valence-electron chi connectivity index (χ2n) is 5.55. The van der Waals surface area contributed by atoms with E-state index in [0.717, 1.165) is 0 Å². The normalized spacial score (nSPS) is 20.1. The summed E-state index contributed by atoms with van der Waals surface area (Å²) in [6.07, 6.45) is 1.18. The maximum atomic E-state index is 11.9. The standard InChI is InChI=1S/C14H17N3O5S/c1-21-10-3-4-12-11(5-10)13(14(18)15-12)16-22-8-9-6-17(7-9)23(2,19)20/h3-5,9H,6-8H2,1-2H3,(H,15,16,18). The molecule has 8 nitrogen and oxygen atoms in total. The molecule has 1 aromatic carbocycles. The van der Waals surface area contributed by atoms with Crippen molar-refractivity contribution in [3.05, 3.63) is 23.8 Å². The van der Waals surface area contributed by atoms with E-state index < -0.39 is 10.0 Å². The Labute approximate surface area is 134 Å². The maximum Gasteiger partial charge on any atom is 0.278 e. The third-order valence-corrected chi connectivity index (χ3v) is 5.04.